The van der Waals surface area contributed by atoms with Crippen LogP contribution >= 0.6 is 34.5 Å². The molecule has 8 heteroatoms. The van der Waals surface area contributed by atoms with Crippen molar-refractivity contribution in [1.29, 1.82) is 0 Å². The molecule has 0 bridgehead atoms. The number of carbonyl (C=O) groups excluding carboxylic acids is 2. The molecule has 1 aliphatic heterocycles. The summed E-state index contributed by atoms with van der Waals surface area (Å²) in [4.78, 5) is 30.1. The molecular formula is C26H21Cl2N3O2S. The van der Waals surface area contributed by atoms with Gasteiger partial charge < -0.3 is 15.1 Å². The average molecular weight is 510 g/mol. The maximum Gasteiger partial charge on any atom is 0.267 e. The quantitative estimate of drug-likeness (QED) is 0.345. The number of halogens is 2. The van der Waals surface area contributed by atoms with Crippen LogP contribution in [0.5, 0.6) is 0 Å². The van der Waals surface area contributed by atoms with Crippen LogP contribution < -0.4 is 10.2 Å². The first-order chi connectivity index (χ1) is 16.5. The van der Waals surface area contributed by atoms with Crippen LogP contribution in [0.25, 0.3) is 10.1 Å². The van der Waals surface area contributed by atoms with E-state index in [1.165, 1.54) is 11.3 Å². The Morgan fingerprint density at radius 2 is 1.50 bits per heavy atom. The van der Waals surface area contributed by atoms with E-state index < -0.39 is 0 Å². The van der Waals surface area contributed by atoms with Gasteiger partial charge in [-0.25, -0.2) is 0 Å². The molecule has 3 aromatic carbocycles. The smallest absolute Gasteiger partial charge is 0.267 e. The summed E-state index contributed by atoms with van der Waals surface area (Å²) in [6.45, 7) is 2.76. The van der Waals surface area contributed by atoms with Crippen LogP contribution in [-0.4, -0.2) is 42.9 Å². The zero-order chi connectivity index (χ0) is 23.7. The number of anilines is 2. The molecule has 0 aliphatic carbocycles. The third kappa shape index (κ3) is 4.62. The first-order valence-electron chi connectivity index (χ1n) is 10.9. The SMILES string of the molecule is O=C(Nc1ccc(N2CCN(C(=O)c3ccc(Cl)cc3)CC2)cc1)c1sc2ccccc2c1Cl. The number of nitrogens with zero attached hydrogens (tertiary/aromatic N) is 2. The van der Waals surface area contributed by atoms with Gasteiger partial charge in [0.2, 0.25) is 0 Å². The zero-order valence-electron chi connectivity index (χ0n) is 18.1. The molecular weight excluding hydrogens is 489 g/mol. The summed E-state index contributed by atoms with van der Waals surface area (Å²) in [7, 11) is 0. The standard InChI is InChI=1S/C26H21Cl2N3O2S/c27-18-7-5-17(6-8-18)26(33)31-15-13-30(14-16-31)20-11-9-19(10-12-20)29-25(32)24-23(28)21-3-1-2-4-22(21)34-24/h1-12H,13-16H2,(H,29,32). The number of rotatable bonds is 4. The number of piperazine rings is 1. The van der Waals surface area contributed by atoms with E-state index in [0.29, 0.717) is 39.3 Å². The Hall–Kier alpha value is -3.06. The Morgan fingerprint density at radius 3 is 2.18 bits per heavy atom. The zero-order valence-corrected chi connectivity index (χ0v) is 20.5. The van der Waals surface area contributed by atoms with Crippen LogP contribution in [0.15, 0.2) is 72.8 Å². The lowest BCUT2D eigenvalue weighted by Gasteiger charge is -2.36. The molecule has 5 rings (SSSR count). The number of amides is 2. The van der Waals surface area contributed by atoms with E-state index in [0.717, 1.165) is 28.9 Å². The van der Waals surface area contributed by atoms with Gasteiger partial charge in [0, 0.05) is 58.2 Å². The molecule has 0 saturated carbocycles. The Kier molecular flexibility index (Phi) is 6.46. The van der Waals surface area contributed by atoms with Gasteiger partial charge in [-0.3, -0.25) is 9.59 Å². The highest BCUT2D eigenvalue weighted by atomic mass is 35.5. The summed E-state index contributed by atoms with van der Waals surface area (Å²) < 4.78 is 0.988. The van der Waals surface area contributed by atoms with Crippen molar-refractivity contribution < 1.29 is 9.59 Å². The molecule has 1 aromatic heterocycles. The van der Waals surface area contributed by atoms with Crippen LogP contribution in [-0.2, 0) is 0 Å². The van der Waals surface area contributed by atoms with Crippen LogP contribution in [0.3, 0.4) is 0 Å². The molecule has 0 spiro atoms. The number of carbonyl (C=O) groups is 2. The maximum absolute atomic E-state index is 12.8. The largest absolute Gasteiger partial charge is 0.368 e. The predicted molar refractivity (Wildman–Crippen MR) is 141 cm³/mol. The highest BCUT2D eigenvalue weighted by Crippen LogP contribution is 2.35. The molecule has 1 saturated heterocycles. The van der Waals surface area contributed by atoms with Crippen LogP contribution in [0.4, 0.5) is 11.4 Å². The fourth-order valence-electron chi connectivity index (χ4n) is 4.05. The van der Waals surface area contributed by atoms with Crippen molar-refractivity contribution in [1.82, 2.24) is 4.90 Å². The number of thiophene rings is 1. The van der Waals surface area contributed by atoms with Crippen molar-refractivity contribution in [3.63, 3.8) is 0 Å². The summed E-state index contributed by atoms with van der Waals surface area (Å²) in [6.07, 6.45) is 0. The second-order valence-corrected chi connectivity index (χ2v) is 9.90. The van der Waals surface area contributed by atoms with Gasteiger partial charge in [-0.2, -0.15) is 0 Å². The fraction of sp³-hybridized carbons (Fsp3) is 0.154. The van der Waals surface area contributed by atoms with E-state index in [2.05, 4.69) is 10.2 Å². The number of benzene rings is 3. The molecule has 172 valence electrons. The molecule has 0 atom stereocenters. The van der Waals surface area contributed by atoms with Crippen molar-refractivity contribution in [3.05, 3.63) is 93.3 Å². The lowest BCUT2D eigenvalue weighted by molar-refractivity contribution is 0.0746. The van der Waals surface area contributed by atoms with Crippen LogP contribution in [0, 0.1) is 0 Å². The first-order valence-corrected chi connectivity index (χ1v) is 12.4. The number of fused-ring (bicyclic) bond motifs is 1. The fourth-order valence-corrected chi connectivity index (χ4v) is 5.58. The van der Waals surface area contributed by atoms with Crippen LogP contribution in [0.1, 0.15) is 20.0 Å². The van der Waals surface area contributed by atoms with Crippen molar-refractivity contribution in [2.24, 2.45) is 0 Å². The summed E-state index contributed by atoms with van der Waals surface area (Å²) in [5.41, 5.74) is 2.41. The molecule has 2 amide bonds. The third-order valence-corrected chi connectivity index (χ3v) is 7.82. The van der Waals surface area contributed by atoms with Gasteiger partial charge in [-0.1, -0.05) is 41.4 Å². The summed E-state index contributed by atoms with van der Waals surface area (Å²) in [5.74, 6) is -0.192. The Balaban J connectivity index is 1.20. The van der Waals surface area contributed by atoms with Crippen molar-refractivity contribution in [2.75, 3.05) is 36.4 Å². The van der Waals surface area contributed by atoms with E-state index in [-0.39, 0.29) is 11.8 Å². The number of hydrogen-bond acceptors (Lipinski definition) is 4. The number of nitrogens with one attached hydrogen (secondary N) is 1. The minimum absolute atomic E-state index is 0.0225. The first kappa shape index (κ1) is 22.7. The average Bonchev–Trinajstić information content (AvgIpc) is 3.21. The molecule has 1 aliphatic rings. The second kappa shape index (κ2) is 9.66. The highest BCUT2D eigenvalue weighted by molar-refractivity contribution is 7.21. The molecule has 5 nitrogen and oxygen atoms in total. The van der Waals surface area contributed by atoms with Gasteiger partial charge in [-0.15, -0.1) is 11.3 Å². The van der Waals surface area contributed by atoms with Gasteiger partial charge in [0.25, 0.3) is 11.8 Å². The normalized spacial score (nSPS) is 13.8. The molecule has 2 heterocycles. The summed E-state index contributed by atoms with van der Waals surface area (Å²) in [5, 5.41) is 4.94. The van der Waals surface area contributed by atoms with E-state index >= 15 is 0 Å². The van der Waals surface area contributed by atoms with Crippen molar-refractivity contribution in [2.45, 2.75) is 0 Å². The molecule has 34 heavy (non-hydrogen) atoms. The van der Waals surface area contributed by atoms with E-state index in [4.69, 9.17) is 23.2 Å². The van der Waals surface area contributed by atoms with Crippen molar-refractivity contribution in [3.8, 4) is 0 Å². The summed E-state index contributed by atoms with van der Waals surface area (Å²) >= 11 is 13.7. The Labute approximate surface area is 211 Å². The number of hydrogen-bond donors (Lipinski definition) is 1. The topological polar surface area (TPSA) is 52.7 Å². The van der Waals surface area contributed by atoms with E-state index in [1.807, 2.05) is 53.4 Å². The lowest BCUT2D eigenvalue weighted by Crippen LogP contribution is -2.48. The molecule has 4 aromatic rings. The van der Waals surface area contributed by atoms with Gasteiger partial charge in [0.1, 0.15) is 4.88 Å². The maximum atomic E-state index is 12.8. The van der Waals surface area contributed by atoms with Gasteiger partial charge in [0.15, 0.2) is 0 Å². The third-order valence-electron chi connectivity index (χ3n) is 5.89. The molecule has 1 fully saturated rings. The van der Waals surface area contributed by atoms with Gasteiger partial charge in [0.05, 0.1) is 5.02 Å². The van der Waals surface area contributed by atoms with Crippen LogP contribution in [0.2, 0.25) is 10.0 Å². The lowest BCUT2D eigenvalue weighted by atomic mass is 10.1. The molecule has 0 unspecified atom stereocenters. The van der Waals surface area contributed by atoms with E-state index in [9.17, 15) is 9.59 Å². The van der Waals surface area contributed by atoms with E-state index in [1.54, 1.807) is 24.3 Å². The second-order valence-electron chi connectivity index (χ2n) is 8.03. The Bertz CT molecular complexity index is 1340. The Morgan fingerprint density at radius 1 is 0.824 bits per heavy atom. The van der Waals surface area contributed by atoms with Gasteiger partial charge in [-0.05, 0) is 54.6 Å². The van der Waals surface area contributed by atoms with Crippen molar-refractivity contribution >= 4 is 67.8 Å². The summed E-state index contributed by atoms with van der Waals surface area (Å²) in [6, 6.07) is 22.5. The predicted octanol–water partition coefficient (Wildman–Crippen LogP) is 6.42. The minimum atomic E-state index is -0.215. The molecule has 1 N–H and O–H groups in total. The minimum Gasteiger partial charge on any atom is -0.368 e. The highest BCUT2D eigenvalue weighted by Gasteiger charge is 2.22. The molecule has 0 radical (unpaired) electrons. The monoisotopic (exact) mass is 509 g/mol. The van der Waals surface area contributed by atoms with Gasteiger partial charge >= 0.3 is 0 Å².